The molecule has 0 saturated heterocycles. The highest BCUT2D eigenvalue weighted by Crippen LogP contribution is 2.27. The van der Waals surface area contributed by atoms with Crippen LogP contribution in [0.3, 0.4) is 0 Å². The van der Waals surface area contributed by atoms with Gasteiger partial charge < -0.3 is 15.0 Å². The van der Waals surface area contributed by atoms with Gasteiger partial charge in [0.05, 0.1) is 0 Å². The highest BCUT2D eigenvalue weighted by atomic mass is 16.3. The molecule has 2 rings (SSSR count). The molecule has 0 bridgehead atoms. The van der Waals surface area contributed by atoms with E-state index in [0.29, 0.717) is 18.0 Å². The molecule has 4 nitrogen and oxygen atoms in total. The summed E-state index contributed by atoms with van der Waals surface area (Å²) < 4.78 is 1.83. The van der Waals surface area contributed by atoms with Crippen molar-refractivity contribution in [3.05, 3.63) is 24.0 Å². The van der Waals surface area contributed by atoms with Gasteiger partial charge in [0.15, 0.2) is 0 Å². The third-order valence-electron chi connectivity index (χ3n) is 4.15. The van der Waals surface area contributed by atoms with E-state index in [4.69, 9.17) is 0 Å². The van der Waals surface area contributed by atoms with Crippen molar-refractivity contribution in [2.24, 2.45) is 13.0 Å². The molecule has 1 atom stereocenters. The van der Waals surface area contributed by atoms with Crippen molar-refractivity contribution in [3.8, 4) is 0 Å². The molecule has 1 heterocycles. The third kappa shape index (κ3) is 3.60. The Morgan fingerprint density at radius 3 is 2.79 bits per heavy atom. The largest absolute Gasteiger partial charge is 0.396 e. The number of nitrogens with zero attached hydrogens (tertiary/aromatic N) is 1. The van der Waals surface area contributed by atoms with Crippen molar-refractivity contribution < 1.29 is 9.90 Å². The zero-order valence-electron chi connectivity index (χ0n) is 11.6. The summed E-state index contributed by atoms with van der Waals surface area (Å²) in [5.74, 6) is 0.488. The summed E-state index contributed by atoms with van der Waals surface area (Å²) >= 11 is 0. The van der Waals surface area contributed by atoms with Gasteiger partial charge in [0.25, 0.3) is 5.91 Å². The standard InChI is InChI=1S/C15H24N2O2/c1-17-10-5-8-14(17)15(19)16-13(9-11-18)12-6-3-2-4-7-12/h5,8,10,12-13,18H,2-4,6-7,9,11H2,1H3,(H,16,19). The lowest BCUT2D eigenvalue weighted by atomic mass is 9.82. The van der Waals surface area contributed by atoms with Gasteiger partial charge in [-0.3, -0.25) is 4.79 Å². The van der Waals surface area contributed by atoms with Gasteiger partial charge in [0.1, 0.15) is 5.69 Å². The van der Waals surface area contributed by atoms with Crippen LogP contribution in [0.15, 0.2) is 18.3 Å². The predicted molar refractivity (Wildman–Crippen MR) is 74.9 cm³/mol. The molecule has 1 unspecified atom stereocenters. The monoisotopic (exact) mass is 264 g/mol. The molecule has 0 radical (unpaired) electrons. The van der Waals surface area contributed by atoms with Gasteiger partial charge in [-0.05, 0) is 37.3 Å². The summed E-state index contributed by atoms with van der Waals surface area (Å²) in [6.45, 7) is 0.134. The van der Waals surface area contributed by atoms with E-state index in [-0.39, 0.29) is 18.6 Å². The highest BCUT2D eigenvalue weighted by molar-refractivity contribution is 5.92. The Hall–Kier alpha value is -1.29. The van der Waals surface area contributed by atoms with E-state index in [2.05, 4.69) is 5.32 Å². The molecule has 19 heavy (non-hydrogen) atoms. The molecule has 1 aliphatic carbocycles. The lowest BCUT2D eigenvalue weighted by molar-refractivity contribution is 0.0891. The number of rotatable bonds is 5. The van der Waals surface area contributed by atoms with Crippen LogP contribution in [0.1, 0.15) is 49.0 Å². The summed E-state index contributed by atoms with van der Waals surface area (Å²) in [7, 11) is 1.87. The summed E-state index contributed by atoms with van der Waals surface area (Å²) in [6, 6.07) is 3.80. The van der Waals surface area contributed by atoms with Gasteiger partial charge in [0, 0.05) is 25.9 Å². The minimum absolute atomic E-state index is 0.0310. The van der Waals surface area contributed by atoms with Gasteiger partial charge in [-0.15, -0.1) is 0 Å². The van der Waals surface area contributed by atoms with E-state index >= 15 is 0 Å². The number of aromatic nitrogens is 1. The van der Waals surface area contributed by atoms with Crippen LogP contribution in [0, 0.1) is 5.92 Å². The molecule has 1 aliphatic rings. The Bertz CT molecular complexity index is 408. The number of carbonyl (C=O) groups excluding carboxylic acids is 1. The smallest absolute Gasteiger partial charge is 0.268 e. The highest BCUT2D eigenvalue weighted by Gasteiger charge is 2.25. The number of amides is 1. The Morgan fingerprint density at radius 2 is 2.21 bits per heavy atom. The maximum absolute atomic E-state index is 12.2. The van der Waals surface area contributed by atoms with Crippen LogP contribution >= 0.6 is 0 Å². The van der Waals surface area contributed by atoms with E-state index in [1.807, 2.05) is 29.9 Å². The molecule has 2 N–H and O–H groups in total. The predicted octanol–water partition coefficient (Wildman–Crippen LogP) is 2.09. The Balaban J connectivity index is 1.99. The topological polar surface area (TPSA) is 54.3 Å². The quantitative estimate of drug-likeness (QED) is 0.855. The molecular formula is C15H24N2O2. The van der Waals surface area contributed by atoms with Gasteiger partial charge in [-0.1, -0.05) is 19.3 Å². The number of hydrogen-bond donors (Lipinski definition) is 2. The molecule has 106 valence electrons. The van der Waals surface area contributed by atoms with Crippen LogP contribution in [0.25, 0.3) is 0 Å². The first kappa shape index (κ1) is 14.1. The van der Waals surface area contributed by atoms with Crippen molar-refractivity contribution in [2.75, 3.05) is 6.61 Å². The van der Waals surface area contributed by atoms with Crippen LogP contribution in [0.4, 0.5) is 0 Å². The molecular weight excluding hydrogens is 240 g/mol. The minimum atomic E-state index is -0.0310. The Kier molecular flexibility index (Phi) is 5.02. The maximum atomic E-state index is 12.2. The molecule has 1 fully saturated rings. The second kappa shape index (κ2) is 6.75. The van der Waals surface area contributed by atoms with E-state index in [0.717, 1.165) is 12.8 Å². The second-order valence-electron chi connectivity index (χ2n) is 5.49. The van der Waals surface area contributed by atoms with E-state index in [9.17, 15) is 9.90 Å². The minimum Gasteiger partial charge on any atom is -0.396 e. The first-order chi connectivity index (χ1) is 9.22. The van der Waals surface area contributed by atoms with Gasteiger partial charge in [-0.25, -0.2) is 0 Å². The number of hydrogen-bond acceptors (Lipinski definition) is 2. The molecule has 0 aliphatic heterocycles. The first-order valence-corrected chi connectivity index (χ1v) is 7.25. The number of aryl methyl sites for hydroxylation is 1. The zero-order chi connectivity index (χ0) is 13.7. The maximum Gasteiger partial charge on any atom is 0.268 e. The lowest BCUT2D eigenvalue weighted by Crippen LogP contribution is -2.42. The molecule has 1 saturated carbocycles. The lowest BCUT2D eigenvalue weighted by Gasteiger charge is -2.30. The van der Waals surface area contributed by atoms with E-state index in [1.54, 1.807) is 0 Å². The zero-order valence-corrected chi connectivity index (χ0v) is 11.6. The van der Waals surface area contributed by atoms with Crippen LogP contribution in [-0.2, 0) is 7.05 Å². The van der Waals surface area contributed by atoms with Crippen molar-refractivity contribution in [3.63, 3.8) is 0 Å². The molecule has 4 heteroatoms. The molecule has 1 aromatic rings. The van der Waals surface area contributed by atoms with E-state index < -0.39 is 0 Å². The van der Waals surface area contributed by atoms with Crippen molar-refractivity contribution in [1.29, 1.82) is 0 Å². The Morgan fingerprint density at radius 1 is 1.47 bits per heavy atom. The number of carbonyl (C=O) groups is 1. The van der Waals surface area contributed by atoms with Crippen LogP contribution in [0.5, 0.6) is 0 Å². The SMILES string of the molecule is Cn1cccc1C(=O)NC(CCO)C1CCCCC1. The summed E-state index contributed by atoms with van der Waals surface area (Å²) in [6.07, 6.45) is 8.64. The fourth-order valence-electron chi connectivity index (χ4n) is 3.04. The van der Waals surface area contributed by atoms with Crippen LogP contribution in [0.2, 0.25) is 0 Å². The molecule has 1 aromatic heterocycles. The summed E-state index contributed by atoms with van der Waals surface area (Å²) in [5, 5.41) is 12.3. The average molecular weight is 264 g/mol. The Labute approximate surface area is 114 Å². The summed E-state index contributed by atoms with van der Waals surface area (Å²) in [4.78, 5) is 12.2. The molecule has 0 spiro atoms. The first-order valence-electron chi connectivity index (χ1n) is 7.25. The van der Waals surface area contributed by atoms with Gasteiger partial charge in [0.2, 0.25) is 0 Å². The van der Waals surface area contributed by atoms with Crippen molar-refractivity contribution >= 4 is 5.91 Å². The second-order valence-corrected chi connectivity index (χ2v) is 5.49. The van der Waals surface area contributed by atoms with Crippen LogP contribution in [-0.4, -0.2) is 28.2 Å². The van der Waals surface area contributed by atoms with Crippen molar-refractivity contribution in [2.45, 2.75) is 44.6 Å². The van der Waals surface area contributed by atoms with Crippen molar-refractivity contribution in [1.82, 2.24) is 9.88 Å². The number of nitrogens with one attached hydrogen (secondary N) is 1. The molecule has 0 aromatic carbocycles. The normalized spacial score (nSPS) is 18.2. The van der Waals surface area contributed by atoms with Gasteiger partial charge >= 0.3 is 0 Å². The average Bonchev–Trinajstić information content (AvgIpc) is 2.85. The van der Waals surface area contributed by atoms with E-state index in [1.165, 1.54) is 19.3 Å². The third-order valence-corrected chi connectivity index (χ3v) is 4.15. The van der Waals surface area contributed by atoms with Crippen LogP contribution < -0.4 is 5.32 Å². The fraction of sp³-hybridized carbons (Fsp3) is 0.667. The summed E-state index contributed by atoms with van der Waals surface area (Å²) in [5.41, 5.74) is 0.679. The molecule has 1 amide bonds. The fourth-order valence-corrected chi connectivity index (χ4v) is 3.04. The number of aliphatic hydroxyl groups excluding tert-OH is 1. The van der Waals surface area contributed by atoms with Gasteiger partial charge in [-0.2, -0.15) is 0 Å². The number of aliphatic hydroxyl groups is 1.